The van der Waals surface area contributed by atoms with Gasteiger partial charge in [0.2, 0.25) is 5.88 Å². The third kappa shape index (κ3) is 9.20. The van der Waals surface area contributed by atoms with E-state index < -0.39 is 12.6 Å². The summed E-state index contributed by atoms with van der Waals surface area (Å²) in [5.74, 6) is 0.736. The number of ether oxygens (including phenoxy) is 1. The number of nitrogens with one attached hydrogen (secondary N) is 2. The van der Waals surface area contributed by atoms with E-state index in [0.29, 0.717) is 24.1 Å². The Bertz CT molecular complexity index is 737. The van der Waals surface area contributed by atoms with E-state index in [9.17, 15) is 17.6 Å². The molecule has 1 aromatic heterocycles. The summed E-state index contributed by atoms with van der Waals surface area (Å²) in [5, 5.41) is 5.52. The third-order valence-electron chi connectivity index (χ3n) is 3.30. The molecule has 10 heteroatoms. The van der Waals surface area contributed by atoms with Crippen molar-refractivity contribution >= 4 is 29.9 Å². The highest BCUT2D eigenvalue weighted by Gasteiger charge is 2.26. The van der Waals surface area contributed by atoms with Gasteiger partial charge in [0.05, 0.1) is 13.0 Å². The lowest BCUT2D eigenvalue weighted by atomic mass is 10.3. The number of aromatic nitrogens is 1. The lowest BCUT2D eigenvalue weighted by Crippen LogP contribution is -2.38. The molecule has 0 saturated heterocycles. The van der Waals surface area contributed by atoms with E-state index >= 15 is 0 Å². The van der Waals surface area contributed by atoms with Gasteiger partial charge in [-0.15, -0.1) is 24.0 Å². The molecule has 0 amide bonds. The number of hydrogen-bond donors (Lipinski definition) is 2. The maximum Gasteiger partial charge on any atom is 0.390 e. The molecule has 0 aliphatic carbocycles. The molecule has 0 bridgehead atoms. The fourth-order valence-electron chi connectivity index (χ4n) is 2.02. The Morgan fingerprint density at radius 2 is 1.82 bits per heavy atom. The maximum absolute atomic E-state index is 12.9. The van der Waals surface area contributed by atoms with Crippen molar-refractivity contribution in [2.45, 2.75) is 26.1 Å². The van der Waals surface area contributed by atoms with Crippen molar-refractivity contribution in [1.29, 1.82) is 0 Å². The molecule has 2 aromatic rings. The first-order valence-electron chi connectivity index (χ1n) is 8.33. The molecule has 28 heavy (non-hydrogen) atoms. The predicted molar refractivity (Wildman–Crippen MR) is 110 cm³/mol. The molecular formula is C18H21F4IN4O. The van der Waals surface area contributed by atoms with Crippen LogP contribution in [-0.2, 0) is 6.54 Å². The Kier molecular flexibility index (Phi) is 9.97. The number of nitrogens with zero attached hydrogens (tertiary/aromatic N) is 2. The monoisotopic (exact) mass is 512 g/mol. The van der Waals surface area contributed by atoms with Crippen molar-refractivity contribution in [2.75, 3.05) is 13.1 Å². The van der Waals surface area contributed by atoms with Crippen LogP contribution in [0.25, 0.3) is 0 Å². The first-order chi connectivity index (χ1) is 12.9. The summed E-state index contributed by atoms with van der Waals surface area (Å²) in [6.45, 7) is 2.34. The van der Waals surface area contributed by atoms with Crippen molar-refractivity contribution in [1.82, 2.24) is 15.6 Å². The van der Waals surface area contributed by atoms with E-state index in [4.69, 9.17) is 4.74 Å². The molecular weight excluding hydrogens is 491 g/mol. The Labute approximate surface area is 177 Å². The molecule has 0 saturated carbocycles. The highest BCUT2D eigenvalue weighted by Crippen LogP contribution is 2.20. The van der Waals surface area contributed by atoms with Gasteiger partial charge in [0.25, 0.3) is 0 Å². The highest BCUT2D eigenvalue weighted by atomic mass is 127. The van der Waals surface area contributed by atoms with Crippen molar-refractivity contribution in [3.05, 3.63) is 54.0 Å². The number of rotatable bonds is 7. The van der Waals surface area contributed by atoms with Crippen molar-refractivity contribution in [2.24, 2.45) is 4.99 Å². The summed E-state index contributed by atoms with van der Waals surface area (Å²) in [4.78, 5) is 8.37. The van der Waals surface area contributed by atoms with Gasteiger partial charge in [0.1, 0.15) is 11.6 Å². The topological polar surface area (TPSA) is 58.5 Å². The fraction of sp³-hybridized carbons (Fsp3) is 0.333. The van der Waals surface area contributed by atoms with Crippen LogP contribution in [-0.4, -0.2) is 30.2 Å². The minimum Gasteiger partial charge on any atom is -0.439 e. The van der Waals surface area contributed by atoms with Crippen LogP contribution in [0.2, 0.25) is 0 Å². The van der Waals surface area contributed by atoms with Gasteiger partial charge < -0.3 is 15.4 Å². The summed E-state index contributed by atoms with van der Waals surface area (Å²) in [6.07, 6.45) is -3.59. The zero-order valence-electron chi connectivity index (χ0n) is 15.1. The molecule has 1 aromatic carbocycles. The number of guanidine groups is 1. The summed E-state index contributed by atoms with van der Waals surface area (Å²) in [7, 11) is 0. The second-order valence-corrected chi connectivity index (χ2v) is 5.55. The average molecular weight is 512 g/mol. The largest absolute Gasteiger partial charge is 0.439 e. The summed E-state index contributed by atoms with van der Waals surface area (Å²) >= 11 is 0. The van der Waals surface area contributed by atoms with Crippen molar-refractivity contribution in [3.63, 3.8) is 0 Å². The third-order valence-corrected chi connectivity index (χ3v) is 3.30. The highest BCUT2D eigenvalue weighted by molar-refractivity contribution is 14.0. The van der Waals surface area contributed by atoms with Crippen LogP contribution < -0.4 is 15.4 Å². The molecule has 154 valence electrons. The lowest BCUT2D eigenvalue weighted by Gasteiger charge is -2.12. The molecule has 0 aliphatic heterocycles. The molecule has 2 rings (SSSR count). The number of benzene rings is 1. The lowest BCUT2D eigenvalue weighted by molar-refractivity contribution is -0.132. The standard InChI is InChI=1S/C18H20F4N4O.HI/c1-2-23-17(24-10-9-18(20,21)22)26-12-13-3-8-16(25-11-13)27-15-6-4-14(19)5-7-15;/h3-8,11H,2,9-10,12H2,1H3,(H2,23,24,26);1H. The summed E-state index contributed by atoms with van der Waals surface area (Å²) in [5.41, 5.74) is 0.759. The van der Waals surface area contributed by atoms with E-state index in [1.54, 1.807) is 18.3 Å². The maximum atomic E-state index is 12.9. The Hall–Kier alpha value is -2.11. The number of hydrogen-bond acceptors (Lipinski definition) is 3. The van der Waals surface area contributed by atoms with E-state index in [1.807, 2.05) is 6.92 Å². The molecule has 0 aliphatic rings. The van der Waals surface area contributed by atoms with Gasteiger partial charge in [-0.1, -0.05) is 6.07 Å². The average Bonchev–Trinajstić information content (AvgIpc) is 2.62. The van der Waals surface area contributed by atoms with Crippen LogP contribution in [0.1, 0.15) is 18.9 Å². The van der Waals surface area contributed by atoms with Crippen LogP contribution >= 0.6 is 24.0 Å². The van der Waals surface area contributed by atoms with Gasteiger partial charge in [-0.05, 0) is 36.8 Å². The smallest absolute Gasteiger partial charge is 0.390 e. The molecule has 0 unspecified atom stereocenters. The fourth-order valence-corrected chi connectivity index (χ4v) is 2.02. The van der Waals surface area contributed by atoms with Gasteiger partial charge in [-0.2, -0.15) is 13.2 Å². The quantitative estimate of drug-likeness (QED) is 0.246. The molecule has 0 radical (unpaired) electrons. The number of alkyl halides is 3. The van der Waals surface area contributed by atoms with Gasteiger partial charge in [-0.3, -0.25) is 0 Å². The minimum absolute atomic E-state index is 0. The Morgan fingerprint density at radius 1 is 1.11 bits per heavy atom. The molecule has 0 spiro atoms. The van der Waals surface area contributed by atoms with Crippen LogP contribution in [0.15, 0.2) is 47.6 Å². The molecule has 2 N–H and O–H groups in total. The van der Waals surface area contributed by atoms with E-state index in [2.05, 4.69) is 20.6 Å². The van der Waals surface area contributed by atoms with E-state index in [0.717, 1.165) is 5.56 Å². The molecule has 0 atom stereocenters. The normalized spacial score (nSPS) is 11.5. The van der Waals surface area contributed by atoms with Crippen LogP contribution in [0.3, 0.4) is 0 Å². The zero-order valence-corrected chi connectivity index (χ0v) is 17.4. The molecule has 1 heterocycles. The number of halogens is 5. The van der Waals surface area contributed by atoms with Crippen LogP contribution in [0.4, 0.5) is 17.6 Å². The first kappa shape index (κ1) is 23.9. The molecule has 5 nitrogen and oxygen atoms in total. The number of aliphatic imine (C=N–C) groups is 1. The van der Waals surface area contributed by atoms with E-state index in [-0.39, 0.29) is 42.9 Å². The van der Waals surface area contributed by atoms with Crippen LogP contribution in [0.5, 0.6) is 11.6 Å². The SMILES string of the molecule is CCNC(=NCc1ccc(Oc2ccc(F)cc2)nc1)NCCC(F)(F)F.I. The van der Waals surface area contributed by atoms with Crippen molar-refractivity contribution in [3.8, 4) is 11.6 Å². The Balaban J connectivity index is 0.00000392. The zero-order chi connectivity index (χ0) is 19.7. The van der Waals surface area contributed by atoms with Crippen LogP contribution in [0, 0.1) is 5.82 Å². The second-order valence-electron chi connectivity index (χ2n) is 5.55. The van der Waals surface area contributed by atoms with Crippen molar-refractivity contribution < 1.29 is 22.3 Å². The predicted octanol–water partition coefficient (Wildman–Crippen LogP) is 4.64. The second kappa shape index (κ2) is 11.7. The van der Waals surface area contributed by atoms with E-state index in [1.165, 1.54) is 24.3 Å². The number of pyridine rings is 1. The van der Waals surface area contributed by atoms with Gasteiger partial charge in [0.15, 0.2) is 5.96 Å². The van der Waals surface area contributed by atoms with Gasteiger partial charge >= 0.3 is 6.18 Å². The first-order valence-corrected chi connectivity index (χ1v) is 8.33. The summed E-state index contributed by atoms with van der Waals surface area (Å²) < 4.78 is 55.0. The minimum atomic E-state index is -4.21. The summed E-state index contributed by atoms with van der Waals surface area (Å²) in [6, 6.07) is 8.93. The van der Waals surface area contributed by atoms with Gasteiger partial charge in [-0.25, -0.2) is 14.4 Å². The molecule has 0 fully saturated rings. The van der Waals surface area contributed by atoms with Gasteiger partial charge in [0, 0.05) is 25.4 Å². The Morgan fingerprint density at radius 3 is 2.39 bits per heavy atom.